The number of hydrogen-bond donors (Lipinski definition) is 0. The zero-order valence-corrected chi connectivity index (χ0v) is 8.71. The van der Waals surface area contributed by atoms with Crippen molar-refractivity contribution in [2.45, 2.75) is 52.1 Å². The van der Waals surface area contributed by atoms with Crippen molar-refractivity contribution in [1.82, 2.24) is 0 Å². The monoisotopic (exact) mass is 184 g/mol. The van der Waals surface area contributed by atoms with Gasteiger partial charge in [-0.15, -0.1) is 0 Å². The van der Waals surface area contributed by atoms with Gasteiger partial charge in [-0.05, 0) is 19.8 Å². The summed E-state index contributed by atoms with van der Waals surface area (Å²) in [6, 6.07) is 0. The molecule has 13 heavy (non-hydrogen) atoms. The molecule has 0 amide bonds. The molecule has 0 bridgehead atoms. The van der Waals surface area contributed by atoms with Crippen LogP contribution in [-0.2, 0) is 9.53 Å². The van der Waals surface area contributed by atoms with E-state index in [9.17, 15) is 4.79 Å². The van der Waals surface area contributed by atoms with Crippen LogP contribution in [0.5, 0.6) is 0 Å². The van der Waals surface area contributed by atoms with Gasteiger partial charge >= 0.3 is 0 Å². The van der Waals surface area contributed by atoms with Crippen molar-refractivity contribution in [3.05, 3.63) is 0 Å². The first kappa shape index (κ1) is 10.7. The minimum atomic E-state index is 0.161. The van der Waals surface area contributed by atoms with Crippen LogP contribution in [0.1, 0.15) is 46.0 Å². The molecule has 1 rings (SSSR count). The van der Waals surface area contributed by atoms with Gasteiger partial charge in [-0.2, -0.15) is 0 Å². The van der Waals surface area contributed by atoms with Crippen molar-refractivity contribution in [3.63, 3.8) is 0 Å². The highest BCUT2D eigenvalue weighted by molar-refractivity contribution is 5.81. The van der Waals surface area contributed by atoms with E-state index >= 15 is 0 Å². The first-order chi connectivity index (χ1) is 6.25. The number of carbonyl (C=O) groups is 1. The number of Topliss-reactive ketones (excluding diaryl/α,β-unsaturated/α-hetero) is 1. The van der Waals surface area contributed by atoms with Gasteiger partial charge in [-0.1, -0.05) is 19.8 Å². The third-order valence-corrected chi connectivity index (χ3v) is 2.82. The van der Waals surface area contributed by atoms with E-state index in [4.69, 9.17) is 4.74 Å². The van der Waals surface area contributed by atoms with E-state index in [-0.39, 0.29) is 12.0 Å². The van der Waals surface area contributed by atoms with E-state index in [0.29, 0.717) is 5.78 Å². The molecule has 76 valence electrons. The molecule has 1 aliphatic heterocycles. The number of rotatable bonds is 5. The van der Waals surface area contributed by atoms with Crippen LogP contribution in [0.3, 0.4) is 0 Å². The van der Waals surface area contributed by atoms with Gasteiger partial charge in [0.1, 0.15) is 5.78 Å². The molecule has 0 aliphatic carbocycles. The molecule has 2 atom stereocenters. The van der Waals surface area contributed by atoms with Crippen LogP contribution in [0.2, 0.25) is 0 Å². The van der Waals surface area contributed by atoms with Crippen LogP contribution in [0.4, 0.5) is 0 Å². The Bertz CT molecular complexity index is 165. The quantitative estimate of drug-likeness (QED) is 0.614. The summed E-state index contributed by atoms with van der Waals surface area (Å²) in [5, 5.41) is 0. The van der Waals surface area contributed by atoms with E-state index in [0.717, 1.165) is 25.9 Å². The summed E-state index contributed by atoms with van der Waals surface area (Å²) < 4.78 is 5.37. The first-order valence-electron chi connectivity index (χ1n) is 5.40. The van der Waals surface area contributed by atoms with E-state index in [2.05, 4.69) is 6.92 Å². The molecule has 1 fully saturated rings. The topological polar surface area (TPSA) is 26.3 Å². The van der Waals surface area contributed by atoms with Crippen LogP contribution in [0.15, 0.2) is 0 Å². The zero-order chi connectivity index (χ0) is 9.68. The highest BCUT2D eigenvalue weighted by atomic mass is 16.5. The average molecular weight is 184 g/mol. The summed E-state index contributed by atoms with van der Waals surface area (Å²) in [6.07, 6.45) is 5.27. The second-order valence-corrected chi connectivity index (χ2v) is 3.89. The summed E-state index contributed by atoms with van der Waals surface area (Å²) in [5.74, 6) is 0.607. The van der Waals surface area contributed by atoms with E-state index < -0.39 is 0 Å². The second kappa shape index (κ2) is 5.38. The Labute approximate surface area is 80.7 Å². The van der Waals surface area contributed by atoms with Gasteiger partial charge in [0, 0.05) is 18.9 Å². The minimum absolute atomic E-state index is 0.161. The van der Waals surface area contributed by atoms with Crippen LogP contribution in [0.25, 0.3) is 0 Å². The molecule has 2 nitrogen and oxygen atoms in total. The fourth-order valence-electron chi connectivity index (χ4n) is 1.89. The molecule has 1 aliphatic rings. The van der Waals surface area contributed by atoms with E-state index in [1.165, 1.54) is 12.8 Å². The lowest BCUT2D eigenvalue weighted by Gasteiger charge is -2.11. The molecule has 0 saturated carbocycles. The summed E-state index contributed by atoms with van der Waals surface area (Å²) in [5.41, 5.74) is 0. The normalized spacial score (nSPS) is 27.8. The van der Waals surface area contributed by atoms with Gasteiger partial charge in [-0.3, -0.25) is 4.79 Å². The summed E-state index contributed by atoms with van der Waals surface area (Å²) in [6.45, 7) is 4.94. The number of carbonyl (C=O) groups excluding carboxylic acids is 1. The van der Waals surface area contributed by atoms with Gasteiger partial charge in [0.2, 0.25) is 0 Å². The lowest BCUT2D eigenvalue weighted by molar-refractivity contribution is -0.124. The van der Waals surface area contributed by atoms with Crippen molar-refractivity contribution in [1.29, 1.82) is 0 Å². The standard InChI is InChI=1S/C11H20O2/c1-3-4-5-6-11(12)10-7-8-13-9(10)2/h9-10H,3-8H2,1-2H3. The maximum atomic E-state index is 11.7. The average Bonchev–Trinajstić information content (AvgIpc) is 2.52. The van der Waals surface area contributed by atoms with Crippen molar-refractivity contribution in [3.8, 4) is 0 Å². The third-order valence-electron chi connectivity index (χ3n) is 2.82. The molecule has 2 heteroatoms. The maximum absolute atomic E-state index is 11.7. The van der Waals surface area contributed by atoms with E-state index in [1.54, 1.807) is 0 Å². The highest BCUT2D eigenvalue weighted by Crippen LogP contribution is 2.23. The summed E-state index contributed by atoms with van der Waals surface area (Å²) in [4.78, 5) is 11.7. The molecule has 0 aromatic heterocycles. The van der Waals surface area contributed by atoms with Gasteiger partial charge in [0.25, 0.3) is 0 Å². The Hall–Kier alpha value is -0.370. The van der Waals surface area contributed by atoms with Crippen LogP contribution < -0.4 is 0 Å². The SMILES string of the molecule is CCCCCC(=O)C1CCOC1C. The lowest BCUT2D eigenvalue weighted by Crippen LogP contribution is -2.21. The van der Waals surface area contributed by atoms with Gasteiger partial charge in [0.05, 0.1) is 6.10 Å². The molecular formula is C11H20O2. The molecule has 0 aromatic rings. The highest BCUT2D eigenvalue weighted by Gasteiger charge is 2.29. The van der Waals surface area contributed by atoms with Crippen molar-refractivity contribution in [2.75, 3.05) is 6.61 Å². The minimum Gasteiger partial charge on any atom is -0.378 e. The second-order valence-electron chi connectivity index (χ2n) is 3.89. The zero-order valence-electron chi connectivity index (χ0n) is 8.71. The van der Waals surface area contributed by atoms with Crippen LogP contribution in [-0.4, -0.2) is 18.5 Å². The summed E-state index contributed by atoms with van der Waals surface area (Å²) in [7, 11) is 0. The van der Waals surface area contributed by atoms with Crippen LogP contribution >= 0.6 is 0 Å². The lowest BCUT2D eigenvalue weighted by atomic mass is 9.94. The molecule has 0 radical (unpaired) electrons. The number of unbranched alkanes of at least 4 members (excludes halogenated alkanes) is 2. The predicted octanol–water partition coefficient (Wildman–Crippen LogP) is 2.56. The first-order valence-corrected chi connectivity index (χ1v) is 5.40. The molecule has 0 aromatic carbocycles. The van der Waals surface area contributed by atoms with E-state index in [1.807, 2.05) is 6.92 Å². The van der Waals surface area contributed by atoms with Gasteiger partial charge < -0.3 is 4.74 Å². The fraction of sp³-hybridized carbons (Fsp3) is 0.909. The molecule has 1 heterocycles. The Morgan fingerprint density at radius 2 is 2.23 bits per heavy atom. The Kier molecular flexibility index (Phi) is 4.43. The Balaban J connectivity index is 2.22. The third kappa shape index (κ3) is 3.11. The summed E-state index contributed by atoms with van der Waals surface area (Å²) >= 11 is 0. The Morgan fingerprint density at radius 1 is 1.46 bits per heavy atom. The predicted molar refractivity (Wildman–Crippen MR) is 52.7 cm³/mol. The maximum Gasteiger partial charge on any atom is 0.138 e. The smallest absolute Gasteiger partial charge is 0.138 e. The molecule has 1 saturated heterocycles. The number of ketones is 1. The molecule has 0 spiro atoms. The van der Waals surface area contributed by atoms with Crippen molar-refractivity contribution in [2.24, 2.45) is 5.92 Å². The van der Waals surface area contributed by atoms with Crippen molar-refractivity contribution < 1.29 is 9.53 Å². The van der Waals surface area contributed by atoms with Crippen LogP contribution in [0, 0.1) is 5.92 Å². The molecule has 0 N–H and O–H groups in total. The Morgan fingerprint density at radius 3 is 2.77 bits per heavy atom. The number of ether oxygens (including phenoxy) is 1. The molecular weight excluding hydrogens is 164 g/mol. The largest absolute Gasteiger partial charge is 0.378 e. The fourth-order valence-corrected chi connectivity index (χ4v) is 1.89. The van der Waals surface area contributed by atoms with Gasteiger partial charge in [0.15, 0.2) is 0 Å². The van der Waals surface area contributed by atoms with Crippen molar-refractivity contribution >= 4 is 5.78 Å². The number of hydrogen-bond acceptors (Lipinski definition) is 2. The molecule has 2 unspecified atom stereocenters. The van der Waals surface area contributed by atoms with Gasteiger partial charge in [-0.25, -0.2) is 0 Å².